The van der Waals surface area contributed by atoms with Crippen molar-refractivity contribution in [1.82, 2.24) is 14.9 Å². The monoisotopic (exact) mass is 305 g/mol. The fourth-order valence-electron chi connectivity index (χ4n) is 1.75. The molecule has 0 saturated carbocycles. The molecule has 110 valence electrons. The highest BCUT2D eigenvalue weighted by molar-refractivity contribution is 6.29. The third-order valence-corrected chi connectivity index (χ3v) is 3.13. The van der Waals surface area contributed by atoms with E-state index in [1.54, 1.807) is 7.05 Å². The van der Waals surface area contributed by atoms with Crippen molar-refractivity contribution in [3.05, 3.63) is 53.1 Å². The van der Waals surface area contributed by atoms with E-state index in [1.807, 2.05) is 31.2 Å². The van der Waals surface area contributed by atoms with E-state index < -0.39 is 0 Å². The molecule has 5 nitrogen and oxygen atoms in total. The highest BCUT2D eigenvalue weighted by atomic mass is 35.5. The molecule has 2 aromatic rings. The molecule has 0 atom stereocenters. The van der Waals surface area contributed by atoms with Crippen molar-refractivity contribution in [2.24, 2.45) is 0 Å². The fourth-order valence-corrected chi connectivity index (χ4v) is 1.90. The van der Waals surface area contributed by atoms with Crippen molar-refractivity contribution in [3.8, 4) is 5.75 Å². The zero-order chi connectivity index (χ0) is 15.2. The Morgan fingerprint density at radius 3 is 2.81 bits per heavy atom. The molecule has 0 radical (unpaired) electrons. The van der Waals surface area contributed by atoms with Gasteiger partial charge in [-0.25, -0.2) is 4.98 Å². The Morgan fingerprint density at radius 2 is 2.10 bits per heavy atom. The number of carbonyl (C=O) groups excluding carboxylic acids is 1. The third-order valence-electron chi connectivity index (χ3n) is 2.95. The van der Waals surface area contributed by atoms with Gasteiger partial charge in [0, 0.05) is 7.05 Å². The number of carbonyl (C=O) groups is 1. The van der Waals surface area contributed by atoms with Gasteiger partial charge >= 0.3 is 0 Å². The van der Waals surface area contributed by atoms with Crippen LogP contribution in [0.25, 0.3) is 0 Å². The number of amides is 1. The Morgan fingerprint density at radius 1 is 1.33 bits per heavy atom. The summed E-state index contributed by atoms with van der Waals surface area (Å²) >= 11 is 5.73. The highest BCUT2D eigenvalue weighted by Gasteiger charge is 2.14. The Hall–Kier alpha value is -2.14. The molecule has 1 aromatic heterocycles. The molecule has 1 aromatic carbocycles. The van der Waals surface area contributed by atoms with Crippen LogP contribution in [0.2, 0.25) is 5.15 Å². The Balaban J connectivity index is 1.89. The van der Waals surface area contributed by atoms with Crippen molar-refractivity contribution >= 4 is 17.5 Å². The number of likely N-dealkylation sites (N-methyl/N-ethyl adjacent to an activating group) is 1. The van der Waals surface area contributed by atoms with Gasteiger partial charge in [-0.2, -0.15) is 0 Å². The van der Waals surface area contributed by atoms with Gasteiger partial charge in [0.05, 0.1) is 18.9 Å². The molecular formula is C15H16ClN3O2. The molecule has 0 N–H and O–H groups in total. The first-order valence-corrected chi connectivity index (χ1v) is 6.87. The maximum atomic E-state index is 12.1. The number of rotatable bonds is 5. The molecule has 1 amide bonds. The Bertz CT molecular complexity index is 634. The lowest BCUT2D eigenvalue weighted by Crippen LogP contribution is -2.31. The number of halogens is 1. The van der Waals surface area contributed by atoms with E-state index >= 15 is 0 Å². The summed E-state index contributed by atoms with van der Waals surface area (Å²) in [6.45, 7) is 2.83. The van der Waals surface area contributed by atoms with E-state index in [9.17, 15) is 4.79 Å². The lowest BCUT2D eigenvalue weighted by molar-refractivity contribution is 0.0767. The van der Waals surface area contributed by atoms with Crippen LogP contribution < -0.4 is 4.74 Å². The van der Waals surface area contributed by atoms with Gasteiger partial charge in [0.2, 0.25) is 0 Å². The summed E-state index contributed by atoms with van der Waals surface area (Å²) in [6.07, 6.45) is 2.78. The number of hydrogen-bond donors (Lipinski definition) is 0. The van der Waals surface area contributed by atoms with Crippen molar-refractivity contribution in [2.75, 3.05) is 20.2 Å². The zero-order valence-electron chi connectivity index (χ0n) is 11.9. The number of hydrogen-bond acceptors (Lipinski definition) is 4. The lowest BCUT2D eigenvalue weighted by Gasteiger charge is -2.17. The number of nitrogens with zero attached hydrogens (tertiary/aromatic N) is 3. The van der Waals surface area contributed by atoms with Crippen LogP contribution in [0.5, 0.6) is 5.75 Å². The maximum Gasteiger partial charge on any atom is 0.273 e. The smallest absolute Gasteiger partial charge is 0.273 e. The van der Waals surface area contributed by atoms with E-state index in [4.69, 9.17) is 16.3 Å². The van der Waals surface area contributed by atoms with Gasteiger partial charge in [0.1, 0.15) is 23.2 Å². The summed E-state index contributed by atoms with van der Waals surface area (Å²) in [6, 6.07) is 7.75. The molecule has 0 bridgehead atoms. The van der Waals surface area contributed by atoms with Gasteiger partial charge in [0.25, 0.3) is 5.91 Å². The van der Waals surface area contributed by atoms with Gasteiger partial charge in [-0.05, 0) is 18.6 Å². The predicted molar refractivity (Wildman–Crippen MR) is 80.7 cm³/mol. The minimum absolute atomic E-state index is 0.199. The molecule has 0 aliphatic carbocycles. The van der Waals surface area contributed by atoms with Gasteiger partial charge in [-0.1, -0.05) is 29.8 Å². The van der Waals surface area contributed by atoms with Crippen molar-refractivity contribution in [3.63, 3.8) is 0 Å². The van der Waals surface area contributed by atoms with Crippen LogP contribution in [0.15, 0.2) is 36.7 Å². The molecule has 6 heteroatoms. The first kappa shape index (κ1) is 15.3. The van der Waals surface area contributed by atoms with Crippen LogP contribution in [0.4, 0.5) is 0 Å². The number of aromatic nitrogens is 2. The third kappa shape index (κ3) is 4.16. The van der Waals surface area contributed by atoms with Crippen molar-refractivity contribution in [2.45, 2.75) is 6.92 Å². The molecule has 0 saturated heterocycles. The number of para-hydroxylation sites is 1. The summed E-state index contributed by atoms with van der Waals surface area (Å²) in [5.41, 5.74) is 1.29. The van der Waals surface area contributed by atoms with E-state index in [0.717, 1.165) is 11.3 Å². The zero-order valence-corrected chi connectivity index (χ0v) is 12.7. The number of benzene rings is 1. The van der Waals surface area contributed by atoms with E-state index in [2.05, 4.69) is 9.97 Å². The van der Waals surface area contributed by atoms with Gasteiger partial charge in [-0.3, -0.25) is 9.78 Å². The van der Waals surface area contributed by atoms with E-state index in [-0.39, 0.29) is 16.8 Å². The average Bonchev–Trinajstić information content (AvgIpc) is 2.48. The van der Waals surface area contributed by atoms with Crippen molar-refractivity contribution < 1.29 is 9.53 Å². The second-order valence-electron chi connectivity index (χ2n) is 4.57. The summed E-state index contributed by atoms with van der Waals surface area (Å²) in [7, 11) is 1.69. The van der Waals surface area contributed by atoms with Crippen molar-refractivity contribution in [1.29, 1.82) is 0 Å². The quantitative estimate of drug-likeness (QED) is 0.852. The highest BCUT2D eigenvalue weighted by Crippen LogP contribution is 2.15. The lowest BCUT2D eigenvalue weighted by atomic mass is 10.2. The molecule has 21 heavy (non-hydrogen) atoms. The van der Waals surface area contributed by atoms with Crippen LogP contribution >= 0.6 is 11.6 Å². The van der Waals surface area contributed by atoms with Crippen LogP contribution in [-0.4, -0.2) is 41.0 Å². The SMILES string of the molecule is Cc1ccccc1OCCN(C)C(=O)c1cncc(Cl)n1. The van der Waals surface area contributed by atoms with E-state index in [0.29, 0.717) is 13.2 Å². The summed E-state index contributed by atoms with van der Waals surface area (Å²) in [5, 5.41) is 0.199. The molecule has 1 heterocycles. The summed E-state index contributed by atoms with van der Waals surface area (Å²) < 4.78 is 5.66. The molecule has 0 unspecified atom stereocenters. The van der Waals surface area contributed by atoms with Gasteiger partial charge < -0.3 is 9.64 Å². The van der Waals surface area contributed by atoms with Crippen LogP contribution in [0.1, 0.15) is 16.1 Å². The summed E-state index contributed by atoms with van der Waals surface area (Å²) in [4.78, 5) is 21.4. The molecule has 0 spiro atoms. The topological polar surface area (TPSA) is 55.3 Å². The minimum atomic E-state index is -0.238. The molecular weight excluding hydrogens is 290 g/mol. The van der Waals surface area contributed by atoms with Gasteiger partial charge in [0.15, 0.2) is 0 Å². The molecule has 2 rings (SSSR count). The second kappa shape index (κ2) is 7.04. The molecule has 0 aliphatic rings. The Kier molecular flexibility index (Phi) is 5.11. The maximum absolute atomic E-state index is 12.1. The first-order chi connectivity index (χ1) is 10.1. The fraction of sp³-hybridized carbons (Fsp3) is 0.267. The standard InChI is InChI=1S/C15H16ClN3O2/c1-11-5-3-4-6-13(11)21-8-7-19(2)15(20)12-9-17-10-14(16)18-12/h3-6,9-10H,7-8H2,1-2H3. The average molecular weight is 306 g/mol. The first-order valence-electron chi connectivity index (χ1n) is 6.49. The minimum Gasteiger partial charge on any atom is -0.491 e. The normalized spacial score (nSPS) is 10.2. The number of ether oxygens (including phenoxy) is 1. The molecule has 0 aliphatic heterocycles. The van der Waals surface area contributed by atoms with E-state index in [1.165, 1.54) is 17.3 Å². The number of aryl methyl sites for hydroxylation is 1. The van der Waals surface area contributed by atoms with Crippen LogP contribution in [0, 0.1) is 6.92 Å². The second-order valence-corrected chi connectivity index (χ2v) is 4.95. The summed E-state index contributed by atoms with van der Waals surface area (Å²) in [5.74, 6) is 0.583. The molecule has 0 fully saturated rings. The Labute approximate surface area is 128 Å². The van der Waals surface area contributed by atoms with Gasteiger partial charge in [-0.15, -0.1) is 0 Å². The van der Waals surface area contributed by atoms with Crippen LogP contribution in [-0.2, 0) is 0 Å². The predicted octanol–water partition coefficient (Wildman–Crippen LogP) is 2.59. The largest absolute Gasteiger partial charge is 0.491 e. The van der Waals surface area contributed by atoms with Crippen LogP contribution in [0.3, 0.4) is 0 Å².